The van der Waals surface area contributed by atoms with Gasteiger partial charge in [0.15, 0.2) is 0 Å². The van der Waals surface area contributed by atoms with E-state index in [-0.39, 0.29) is 10.5 Å². The summed E-state index contributed by atoms with van der Waals surface area (Å²) in [5.41, 5.74) is -0.349. The van der Waals surface area contributed by atoms with Crippen LogP contribution in [0.15, 0.2) is 15.5 Å². The van der Waals surface area contributed by atoms with Crippen molar-refractivity contribution in [2.45, 2.75) is 31.6 Å². The highest BCUT2D eigenvalue weighted by atomic mass is 79.9. The van der Waals surface area contributed by atoms with Crippen molar-refractivity contribution < 1.29 is 13.2 Å². The molecule has 0 amide bonds. The van der Waals surface area contributed by atoms with Crippen LogP contribution in [0.2, 0.25) is 0 Å². The molecule has 0 spiro atoms. The summed E-state index contributed by atoms with van der Waals surface area (Å²) >= 11 is 3.06. The predicted molar refractivity (Wildman–Crippen MR) is 76.4 cm³/mol. The molecule has 0 saturated carbocycles. The maximum absolute atomic E-state index is 12.3. The van der Waals surface area contributed by atoms with Gasteiger partial charge in [-0.25, -0.2) is 4.68 Å². The summed E-state index contributed by atoms with van der Waals surface area (Å²) in [6.07, 6.45) is -1.39. The Labute approximate surface area is 128 Å². The number of anilines is 1. The number of hydrogen-bond acceptors (Lipinski definition) is 4. The number of likely N-dealkylation sites (tertiary alicyclic amines) is 1. The first-order valence-electron chi connectivity index (χ1n) is 6.54. The molecular weight excluding hydrogens is 353 g/mol. The standard InChI is InChI=1S/C12H16BrF3N4O/c1-19-4-2-8(3-5-19)18-9-6-17-20(7-12(14,15)16)11(21)10(9)13/h6,8,18H,2-5,7H2,1H3. The molecule has 5 nitrogen and oxygen atoms in total. The van der Waals surface area contributed by atoms with Crippen molar-refractivity contribution in [1.29, 1.82) is 0 Å². The first kappa shape index (κ1) is 16.3. The highest BCUT2D eigenvalue weighted by Gasteiger charge is 2.30. The van der Waals surface area contributed by atoms with Gasteiger partial charge in [0, 0.05) is 6.04 Å². The molecule has 0 aliphatic carbocycles. The topological polar surface area (TPSA) is 50.2 Å². The molecule has 1 aliphatic rings. The van der Waals surface area contributed by atoms with E-state index in [0.29, 0.717) is 10.4 Å². The molecule has 21 heavy (non-hydrogen) atoms. The van der Waals surface area contributed by atoms with Crippen LogP contribution < -0.4 is 10.9 Å². The SMILES string of the molecule is CN1CCC(Nc2cnn(CC(F)(F)F)c(=O)c2Br)CC1. The fourth-order valence-corrected chi connectivity index (χ4v) is 2.64. The molecular formula is C12H16BrF3N4O. The van der Waals surface area contributed by atoms with Gasteiger partial charge in [-0.05, 0) is 48.9 Å². The lowest BCUT2D eigenvalue weighted by molar-refractivity contribution is -0.143. The van der Waals surface area contributed by atoms with Gasteiger partial charge in [-0.1, -0.05) is 0 Å². The second-order valence-electron chi connectivity index (χ2n) is 5.17. The van der Waals surface area contributed by atoms with E-state index in [0.717, 1.165) is 25.9 Å². The molecule has 1 saturated heterocycles. The zero-order valence-corrected chi connectivity index (χ0v) is 13.0. The van der Waals surface area contributed by atoms with Gasteiger partial charge >= 0.3 is 6.18 Å². The first-order valence-corrected chi connectivity index (χ1v) is 7.33. The zero-order valence-electron chi connectivity index (χ0n) is 11.5. The second-order valence-corrected chi connectivity index (χ2v) is 5.97. The van der Waals surface area contributed by atoms with E-state index >= 15 is 0 Å². The average molecular weight is 369 g/mol. The van der Waals surface area contributed by atoms with Crippen LogP contribution in [-0.2, 0) is 6.54 Å². The monoisotopic (exact) mass is 368 g/mol. The Balaban J connectivity index is 2.12. The van der Waals surface area contributed by atoms with Crippen molar-refractivity contribution in [3.63, 3.8) is 0 Å². The number of nitrogens with one attached hydrogen (secondary N) is 1. The van der Waals surface area contributed by atoms with Crippen LogP contribution in [0, 0.1) is 0 Å². The fourth-order valence-electron chi connectivity index (χ4n) is 2.22. The van der Waals surface area contributed by atoms with Crippen LogP contribution in [0.1, 0.15) is 12.8 Å². The first-order chi connectivity index (χ1) is 9.76. The molecule has 0 aromatic carbocycles. The normalized spacial score (nSPS) is 18.0. The van der Waals surface area contributed by atoms with Gasteiger partial charge < -0.3 is 10.2 Å². The van der Waals surface area contributed by atoms with Crippen LogP contribution in [0.5, 0.6) is 0 Å². The largest absolute Gasteiger partial charge is 0.408 e. The Morgan fingerprint density at radius 3 is 2.62 bits per heavy atom. The maximum Gasteiger partial charge on any atom is 0.408 e. The minimum absolute atomic E-state index is 0.0840. The van der Waals surface area contributed by atoms with Crippen molar-refractivity contribution in [3.8, 4) is 0 Å². The van der Waals surface area contributed by atoms with Crippen molar-refractivity contribution >= 4 is 21.6 Å². The van der Waals surface area contributed by atoms with Crippen LogP contribution >= 0.6 is 15.9 Å². The van der Waals surface area contributed by atoms with Crippen LogP contribution in [-0.4, -0.2) is 47.0 Å². The van der Waals surface area contributed by atoms with Gasteiger partial charge in [0.2, 0.25) is 0 Å². The van der Waals surface area contributed by atoms with Gasteiger partial charge in [0.05, 0.1) is 11.9 Å². The number of alkyl halides is 3. The molecule has 1 aliphatic heterocycles. The van der Waals surface area contributed by atoms with Crippen molar-refractivity contribution in [1.82, 2.24) is 14.7 Å². The molecule has 1 fully saturated rings. The van der Waals surface area contributed by atoms with E-state index in [2.05, 4.69) is 31.2 Å². The number of aromatic nitrogens is 2. The number of hydrogen-bond donors (Lipinski definition) is 1. The van der Waals surface area contributed by atoms with Crippen LogP contribution in [0.4, 0.5) is 18.9 Å². The Hall–Kier alpha value is -1.09. The van der Waals surface area contributed by atoms with Crippen molar-refractivity contribution in [2.75, 3.05) is 25.5 Å². The van der Waals surface area contributed by atoms with Crippen molar-refractivity contribution in [2.24, 2.45) is 0 Å². The van der Waals surface area contributed by atoms with Crippen LogP contribution in [0.3, 0.4) is 0 Å². The minimum Gasteiger partial charge on any atom is -0.380 e. The molecule has 1 aromatic rings. The Morgan fingerprint density at radius 2 is 2.05 bits per heavy atom. The zero-order chi connectivity index (χ0) is 15.6. The summed E-state index contributed by atoms with van der Waals surface area (Å²) in [6, 6.07) is 0.192. The van der Waals surface area contributed by atoms with Gasteiger partial charge in [-0.2, -0.15) is 18.3 Å². The summed E-state index contributed by atoms with van der Waals surface area (Å²) < 4.78 is 37.5. The maximum atomic E-state index is 12.3. The molecule has 1 aromatic heterocycles. The number of nitrogens with zero attached hydrogens (tertiary/aromatic N) is 3. The van der Waals surface area contributed by atoms with E-state index < -0.39 is 18.3 Å². The van der Waals surface area contributed by atoms with E-state index in [1.54, 1.807) is 0 Å². The van der Waals surface area contributed by atoms with Gasteiger partial charge in [0.25, 0.3) is 5.56 Å². The van der Waals surface area contributed by atoms with Gasteiger partial charge in [-0.15, -0.1) is 0 Å². The van der Waals surface area contributed by atoms with Crippen LogP contribution in [0.25, 0.3) is 0 Å². The molecule has 118 valence electrons. The molecule has 1 N–H and O–H groups in total. The van der Waals surface area contributed by atoms with E-state index in [1.165, 1.54) is 6.20 Å². The molecule has 2 heterocycles. The Kier molecular flexibility index (Phi) is 4.92. The molecule has 0 bridgehead atoms. The summed E-state index contributed by atoms with van der Waals surface area (Å²) in [5.74, 6) is 0. The predicted octanol–water partition coefficient (Wildman–Crippen LogP) is 2.07. The smallest absolute Gasteiger partial charge is 0.380 e. The average Bonchev–Trinajstić information content (AvgIpc) is 2.39. The molecule has 9 heteroatoms. The molecule has 0 radical (unpaired) electrons. The van der Waals surface area contributed by atoms with Gasteiger partial charge in [-0.3, -0.25) is 4.79 Å². The third-order valence-corrected chi connectivity index (χ3v) is 4.16. The molecule has 0 unspecified atom stereocenters. The minimum atomic E-state index is -4.47. The third kappa shape index (κ3) is 4.44. The van der Waals surface area contributed by atoms with E-state index in [9.17, 15) is 18.0 Å². The van der Waals surface area contributed by atoms with E-state index in [4.69, 9.17) is 0 Å². The van der Waals surface area contributed by atoms with E-state index in [1.807, 2.05) is 7.05 Å². The summed E-state index contributed by atoms with van der Waals surface area (Å²) in [7, 11) is 2.03. The highest BCUT2D eigenvalue weighted by Crippen LogP contribution is 2.22. The van der Waals surface area contributed by atoms with Gasteiger partial charge in [0.1, 0.15) is 11.0 Å². The second kappa shape index (κ2) is 6.35. The Morgan fingerprint density at radius 1 is 1.43 bits per heavy atom. The highest BCUT2D eigenvalue weighted by molar-refractivity contribution is 9.10. The lowest BCUT2D eigenvalue weighted by Crippen LogP contribution is -2.37. The Bertz CT molecular complexity index is 552. The lowest BCUT2D eigenvalue weighted by atomic mass is 10.1. The fraction of sp³-hybridized carbons (Fsp3) is 0.667. The lowest BCUT2D eigenvalue weighted by Gasteiger charge is -2.30. The summed E-state index contributed by atoms with van der Waals surface area (Å²) in [5, 5.41) is 6.76. The number of halogens is 4. The summed E-state index contributed by atoms with van der Waals surface area (Å²) in [4.78, 5) is 14.1. The van der Waals surface area contributed by atoms with Crippen molar-refractivity contribution in [3.05, 3.63) is 21.0 Å². The number of piperidine rings is 1. The summed E-state index contributed by atoms with van der Waals surface area (Å²) in [6.45, 7) is 0.487. The molecule has 2 rings (SSSR count). The third-order valence-electron chi connectivity index (χ3n) is 3.39. The quantitative estimate of drug-likeness (QED) is 0.887. The number of rotatable bonds is 3. The molecule has 0 atom stereocenters.